The lowest BCUT2D eigenvalue weighted by atomic mass is 9.96. The summed E-state index contributed by atoms with van der Waals surface area (Å²) in [6.45, 7) is 1.14. The number of rotatable bonds is 5. The first kappa shape index (κ1) is 18.5. The van der Waals surface area contributed by atoms with E-state index in [2.05, 4.69) is 35.4 Å². The number of halogens is 1. The van der Waals surface area contributed by atoms with Gasteiger partial charge < -0.3 is 19.0 Å². The molecule has 8 nitrogen and oxygen atoms in total. The lowest BCUT2D eigenvalue weighted by Crippen LogP contribution is -2.16. The van der Waals surface area contributed by atoms with Crippen molar-refractivity contribution in [2.24, 2.45) is 5.92 Å². The number of benzene rings is 1. The number of fused-ring (bicyclic) bond motifs is 3. The molecule has 0 aliphatic carbocycles. The highest BCUT2D eigenvalue weighted by Crippen LogP contribution is 2.56. The Kier molecular flexibility index (Phi) is 4.02. The predicted molar refractivity (Wildman–Crippen MR) is 117 cm³/mol. The molecular formula is C21H21BrN6O2S. The Morgan fingerprint density at radius 1 is 1.26 bits per heavy atom. The van der Waals surface area contributed by atoms with E-state index in [9.17, 15) is 0 Å². The lowest BCUT2D eigenvalue weighted by molar-refractivity contribution is 0.174. The minimum atomic E-state index is 0.225. The first-order chi connectivity index (χ1) is 15.2. The molecule has 0 radical (unpaired) electrons. The molecule has 0 saturated carbocycles. The molecule has 160 valence electrons. The minimum Gasteiger partial charge on any atom is -0.454 e. The summed E-state index contributed by atoms with van der Waals surface area (Å²) in [5.41, 5.74) is 1.71. The molecule has 2 unspecified atom stereocenters. The zero-order valence-electron chi connectivity index (χ0n) is 16.7. The van der Waals surface area contributed by atoms with Crippen LogP contribution < -0.4 is 15.0 Å². The van der Waals surface area contributed by atoms with Crippen LogP contribution >= 0.6 is 27.7 Å². The Morgan fingerprint density at radius 2 is 2.13 bits per heavy atom. The molecule has 2 N–H and O–H groups in total. The number of piperidine rings is 2. The Morgan fingerprint density at radius 3 is 2.97 bits per heavy atom. The van der Waals surface area contributed by atoms with Crippen LogP contribution in [0.2, 0.25) is 0 Å². The number of aromatic nitrogens is 4. The minimum absolute atomic E-state index is 0.225. The van der Waals surface area contributed by atoms with E-state index in [4.69, 9.17) is 19.9 Å². The fraction of sp³-hybridized carbons (Fsp3) is 0.476. The number of nitrogens with one attached hydrogen (secondary N) is 2. The lowest BCUT2D eigenvalue weighted by Gasteiger charge is -2.13. The van der Waals surface area contributed by atoms with Crippen LogP contribution in [0.4, 0.5) is 0 Å². The van der Waals surface area contributed by atoms with Gasteiger partial charge in [-0.3, -0.25) is 10.3 Å². The summed E-state index contributed by atoms with van der Waals surface area (Å²) in [5, 5.41) is 8.97. The van der Waals surface area contributed by atoms with Gasteiger partial charge in [-0.2, -0.15) is 0 Å². The van der Waals surface area contributed by atoms with E-state index < -0.39 is 0 Å². The largest absolute Gasteiger partial charge is 0.454 e. The SMILES string of the molecule is N=c1ncn(CC[C@H]2C[C@@H]3CC[C@@H]4C2N34)c2nc(Sc3cc4c(cc3Br)OCO4)[nH]c12. The molecule has 6 heterocycles. The summed E-state index contributed by atoms with van der Waals surface area (Å²) in [7, 11) is 0. The van der Waals surface area contributed by atoms with Crippen LogP contribution in [0.5, 0.6) is 11.5 Å². The second-order valence-corrected chi connectivity index (χ2v) is 10.7. The first-order valence-corrected chi connectivity index (χ1v) is 12.3. The van der Waals surface area contributed by atoms with Gasteiger partial charge >= 0.3 is 0 Å². The molecule has 31 heavy (non-hydrogen) atoms. The van der Waals surface area contributed by atoms with E-state index in [0.717, 1.165) is 68.7 Å². The normalized spacial score (nSPS) is 29.6. The van der Waals surface area contributed by atoms with Crippen molar-refractivity contribution in [2.75, 3.05) is 6.79 Å². The number of ether oxygens (including phenoxy) is 2. The van der Waals surface area contributed by atoms with Gasteiger partial charge in [-0.05, 0) is 59.7 Å². The number of aromatic amines is 1. The number of aryl methyl sites for hydroxylation is 1. The van der Waals surface area contributed by atoms with Crippen LogP contribution in [-0.2, 0) is 6.54 Å². The van der Waals surface area contributed by atoms with Crippen molar-refractivity contribution in [1.82, 2.24) is 24.4 Å². The third kappa shape index (κ3) is 2.87. The number of nitrogens with zero attached hydrogens (tertiary/aromatic N) is 4. The van der Waals surface area contributed by atoms with Crippen molar-refractivity contribution < 1.29 is 9.47 Å². The predicted octanol–water partition coefficient (Wildman–Crippen LogP) is 3.51. The summed E-state index contributed by atoms with van der Waals surface area (Å²) in [6, 6.07) is 6.41. The summed E-state index contributed by atoms with van der Waals surface area (Å²) in [6.07, 6.45) is 7.04. The molecule has 4 aliphatic heterocycles. The molecule has 3 aromatic rings. The molecule has 3 saturated heterocycles. The highest BCUT2D eigenvalue weighted by Gasteiger charge is 2.63. The van der Waals surface area contributed by atoms with Crippen LogP contribution in [0.15, 0.2) is 33.0 Å². The Bertz CT molecular complexity index is 1270. The number of imidazole rings is 1. The molecular weight excluding hydrogens is 480 g/mol. The highest BCUT2D eigenvalue weighted by molar-refractivity contribution is 9.10. The van der Waals surface area contributed by atoms with Crippen LogP contribution in [0.1, 0.15) is 25.7 Å². The maximum absolute atomic E-state index is 8.24. The monoisotopic (exact) mass is 500 g/mol. The fourth-order valence-corrected chi connectivity index (χ4v) is 7.18. The quantitative estimate of drug-likeness (QED) is 0.520. The van der Waals surface area contributed by atoms with Gasteiger partial charge in [0.1, 0.15) is 5.52 Å². The van der Waals surface area contributed by atoms with Crippen LogP contribution in [-0.4, -0.2) is 49.3 Å². The van der Waals surface area contributed by atoms with Gasteiger partial charge in [0.25, 0.3) is 0 Å². The van der Waals surface area contributed by atoms with E-state index >= 15 is 0 Å². The summed E-state index contributed by atoms with van der Waals surface area (Å²) in [5.74, 6) is 2.26. The molecule has 2 aromatic heterocycles. The van der Waals surface area contributed by atoms with E-state index in [1.54, 1.807) is 6.33 Å². The van der Waals surface area contributed by atoms with Gasteiger partial charge in [-0.15, -0.1) is 0 Å². The van der Waals surface area contributed by atoms with Crippen LogP contribution in [0.25, 0.3) is 11.2 Å². The molecule has 0 bridgehead atoms. The standard InChI is InChI=1S/C21H21BrN6O2S/c22-12-6-14-15(30-9-29-14)7-16(12)31-21-25-17-19(23)24-8-27(20(17)26-21)4-3-10-5-11-1-2-13-18(10)28(11)13/h6-8,10-11,13,18,23H,1-5,9H2,(H,25,26)/t10-,11-,13+,18?,28?/m0/s1. The van der Waals surface area contributed by atoms with Crippen molar-refractivity contribution in [3.63, 3.8) is 0 Å². The Labute approximate surface area is 191 Å². The Hall–Kier alpha value is -2.04. The maximum atomic E-state index is 8.24. The summed E-state index contributed by atoms with van der Waals surface area (Å²) < 4.78 is 14.0. The third-order valence-electron chi connectivity index (χ3n) is 7.18. The van der Waals surface area contributed by atoms with Gasteiger partial charge in [0, 0.05) is 34.0 Å². The van der Waals surface area contributed by atoms with E-state index in [1.807, 2.05) is 12.1 Å². The maximum Gasteiger partial charge on any atom is 0.231 e. The molecule has 3 fully saturated rings. The van der Waals surface area contributed by atoms with Crippen molar-refractivity contribution >= 4 is 38.9 Å². The second-order valence-electron chi connectivity index (χ2n) is 8.79. The number of hydrogen-bond donors (Lipinski definition) is 2. The van der Waals surface area contributed by atoms with E-state index in [1.165, 1.54) is 31.0 Å². The molecule has 4 aliphatic rings. The molecule has 7 rings (SSSR count). The van der Waals surface area contributed by atoms with Crippen LogP contribution in [0, 0.1) is 11.3 Å². The topological polar surface area (TPSA) is 91.8 Å². The van der Waals surface area contributed by atoms with Crippen LogP contribution in [0.3, 0.4) is 0 Å². The van der Waals surface area contributed by atoms with Gasteiger partial charge in [0.2, 0.25) is 6.79 Å². The summed E-state index contributed by atoms with van der Waals surface area (Å²) in [4.78, 5) is 16.1. The van der Waals surface area contributed by atoms with Crippen molar-refractivity contribution in [1.29, 1.82) is 5.41 Å². The van der Waals surface area contributed by atoms with Gasteiger partial charge in [-0.1, -0.05) is 11.8 Å². The Balaban J connectivity index is 1.15. The van der Waals surface area contributed by atoms with E-state index in [-0.39, 0.29) is 12.3 Å². The van der Waals surface area contributed by atoms with Crippen molar-refractivity contribution in [3.8, 4) is 11.5 Å². The number of H-pyrrole nitrogens is 1. The van der Waals surface area contributed by atoms with Gasteiger partial charge in [0.15, 0.2) is 27.8 Å². The number of hydrogen-bond acceptors (Lipinski definition) is 7. The first-order valence-electron chi connectivity index (χ1n) is 10.7. The molecule has 10 heteroatoms. The van der Waals surface area contributed by atoms with Gasteiger partial charge in [-0.25, -0.2) is 9.97 Å². The zero-order chi connectivity index (χ0) is 20.7. The second kappa shape index (κ2) is 6.73. The molecule has 0 amide bonds. The zero-order valence-corrected chi connectivity index (χ0v) is 19.1. The average Bonchev–Trinajstić information content (AvgIpc) is 3.17. The highest BCUT2D eigenvalue weighted by atomic mass is 79.9. The molecule has 5 atom stereocenters. The molecule has 0 spiro atoms. The van der Waals surface area contributed by atoms with Crippen molar-refractivity contribution in [2.45, 2.75) is 60.4 Å². The van der Waals surface area contributed by atoms with Gasteiger partial charge in [0.05, 0.1) is 6.33 Å². The fourth-order valence-electron chi connectivity index (χ4n) is 5.80. The van der Waals surface area contributed by atoms with Crippen molar-refractivity contribution in [3.05, 3.63) is 28.4 Å². The smallest absolute Gasteiger partial charge is 0.231 e. The summed E-state index contributed by atoms with van der Waals surface area (Å²) >= 11 is 5.11. The third-order valence-corrected chi connectivity index (χ3v) is 9.04. The van der Waals surface area contributed by atoms with E-state index in [0.29, 0.717) is 5.52 Å². The molecule has 1 aromatic carbocycles. The average molecular weight is 501 g/mol.